The van der Waals surface area contributed by atoms with Crippen LogP contribution in [0.4, 0.5) is 5.82 Å². The highest BCUT2D eigenvalue weighted by molar-refractivity contribution is 5.42. The maximum absolute atomic E-state index is 5.93. The van der Waals surface area contributed by atoms with Crippen LogP contribution in [0, 0.1) is 0 Å². The van der Waals surface area contributed by atoms with Crippen LogP contribution in [-0.4, -0.2) is 4.98 Å². The smallest absolute Gasteiger partial charge is 0.129 e. The Bertz CT molecular complexity index is 696. The average molecular weight is 317 g/mol. The number of rotatable bonds is 6. The molecular formula is C21H23N3. The van der Waals surface area contributed by atoms with Crippen LogP contribution in [0.2, 0.25) is 0 Å². The van der Waals surface area contributed by atoms with Crippen molar-refractivity contribution in [3.63, 3.8) is 0 Å². The quantitative estimate of drug-likeness (QED) is 0.736. The van der Waals surface area contributed by atoms with Crippen LogP contribution < -0.4 is 10.6 Å². The minimum atomic E-state index is 0.00301. The Balaban J connectivity index is 1.86. The third-order valence-electron chi connectivity index (χ3n) is 4.05. The van der Waals surface area contributed by atoms with Crippen molar-refractivity contribution < 1.29 is 0 Å². The van der Waals surface area contributed by atoms with E-state index in [-0.39, 0.29) is 6.04 Å². The van der Waals surface area contributed by atoms with Gasteiger partial charge in [-0.15, -0.1) is 0 Å². The molecule has 1 atom stereocenters. The highest BCUT2D eigenvalue weighted by Gasteiger charge is 2.10. The van der Waals surface area contributed by atoms with Gasteiger partial charge < -0.3 is 10.6 Å². The summed E-state index contributed by atoms with van der Waals surface area (Å²) in [6, 6.07) is 25.1. The van der Waals surface area contributed by atoms with Crippen LogP contribution in [0.25, 0.3) is 0 Å². The summed E-state index contributed by atoms with van der Waals surface area (Å²) >= 11 is 0. The molecule has 1 heterocycles. The van der Waals surface area contributed by atoms with Gasteiger partial charge >= 0.3 is 0 Å². The zero-order valence-corrected chi connectivity index (χ0v) is 14.0. The molecule has 0 radical (unpaired) electrons. The monoisotopic (exact) mass is 317 g/mol. The second-order valence-electron chi connectivity index (χ2n) is 6.07. The fourth-order valence-corrected chi connectivity index (χ4v) is 2.68. The Labute approximate surface area is 143 Å². The summed E-state index contributed by atoms with van der Waals surface area (Å²) in [5.41, 5.74) is 9.53. The summed E-state index contributed by atoms with van der Waals surface area (Å²) in [5.74, 6) is 0.965. The van der Waals surface area contributed by atoms with E-state index in [1.54, 1.807) is 0 Å². The summed E-state index contributed by atoms with van der Waals surface area (Å²) in [7, 11) is 0. The van der Waals surface area contributed by atoms with Crippen LogP contribution in [0.15, 0.2) is 79.0 Å². The van der Waals surface area contributed by atoms with Gasteiger partial charge in [0.05, 0.1) is 0 Å². The van der Waals surface area contributed by atoms with Gasteiger partial charge in [0.15, 0.2) is 0 Å². The van der Waals surface area contributed by atoms with Gasteiger partial charge in [-0.2, -0.15) is 0 Å². The SMILES string of the molecule is C[C@@H](N)c1ccc(N(Cc2ccccc2)Cc2ccccc2)nc1. The summed E-state index contributed by atoms with van der Waals surface area (Å²) in [6.07, 6.45) is 1.88. The summed E-state index contributed by atoms with van der Waals surface area (Å²) in [6.45, 7) is 3.61. The van der Waals surface area contributed by atoms with Gasteiger partial charge in [-0.3, -0.25) is 0 Å². The minimum absolute atomic E-state index is 0.00301. The van der Waals surface area contributed by atoms with E-state index in [0.717, 1.165) is 24.5 Å². The Kier molecular flexibility index (Phi) is 5.24. The molecule has 0 fully saturated rings. The van der Waals surface area contributed by atoms with Gasteiger partial charge in [0.1, 0.15) is 5.82 Å². The topological polar surface area (TPSA) is 42.1 Å². The number of nitrogens with two attached hydrogens (primary N) is 1. The predicted octanol–water partition coefficient (Wildman–Crippen LogP) is 4.31. The molecule has 0 aliphatic heterocycles. The maximum atomic E-state index is 5.93. The van der Waals surface area contributed by atoms with Crippen molar-refractivity contribution in [3.05, 3.63) is 95.7 Å². The fraction of sp³-hybridized carbons (Fsp3) is 0.190. The van der Waals surface area contributed by atoms with Crippen LogP contribution in [0.1, 0.15) is 29.7 Å². The molecular weight excluding hydrogens is 294 g/mol. The molecule has 3 nitrogen and oxygen atoms in total. The minimum Gasteiger partial charge on any atom is -0.348 e. The Morgan fingerprint density at radius 2 is 1.38 bits per heavy atom. The Morgan fingerprint density at radius 3 is 1.79 bits per heavy atom. The normalized spacial score (nSPS) is 11.9. The number of aromatic nitrogens is 1. The van der Waals surface area contributed by atoms with Gasteiger partial charge in [0, 0.05) is 25.3 Å². The lowest BCUT2D eigenvalue weighted by Crippen LogP contribution is -2.23. The number of anilines is 1. The van der Waals surface area contributed by atoms with Crippen molar-refractivity contribution in [2.75, 3.05) is 4.90 Å². The maximum Gasteiger partial charge on any atom is 0.129 e. The molecule has 1 aromatic heterocycles. The molecule has 3 rings (SSSR count). The lowest BCUT2D eigenvalue weighted by atomic mass is 10.1. The molecule has 0 amide bonds. The number of hydrogen-bond donors (Lipinski definition) is 1. The van der Waals surface area contributed by atoms with Crippen molar-refractivity contribution in [2.24, 2.45) is 5.73 Å². The molecule has 0 unspecified atom stereocenters. The zero-order valence-electron chi connectivity index (χ0n) is 14.0. The van der Waals surface area contributed by atoms with E-state index in [1.807, 2.05) is 25.3 Å². The first-order chi connectivity index (χ1) is 11.7. The standard InChI is InChI=1S/C21H23N3/c1-17(22)20-12-13-21(23-14-20)24(15-18-8-4-2-5-9-18)16-19-10-6-3-7-11-19/h2-14,17H,15-16,22H2,1H3/t17-/m1/s1. The van der Waals surface area contributed by atoms with Gasteiger partial charge in [0.25, 0.3) is 0 Å². The molecule has 3 heteroatoms. The van der Waals surface area contributed by atoms with Crippen molar-refractivity contribution in [1.29, 1.82) is 0 Å². The van der Waals surface area contributed by atoms with Crippen molar-refractivity contribution >= 4 is 5.82 Å². The first kappa shape index (κ1) is 16.2. The van der Waals surface area contributed by atoms with Crippen LogP contribution in [0.3, 0.4) is 0 Å². The van der Waals surface area contributed by atoms with E-state index >= 15 is 0 Å². The van der Waals surface area contributed by atoms with E-state index in [4.69, 9.17) is 5.73 Å². The van der Waals surface area contributed by atoms with E-state index in [1.165, 1.54) is 11.1 Å². The molecule has 0 spiro atoms. The number of nitrogens with zero attached hydrogens (tertiary/aromatic N) is 2. The van der Waals surface area contributed by atoms with Gasteiger partial charge in [-0.1, -0.05) is 66.7 Å². The molecule has 3 aromatic rings. The zero-order chi connectivity index (χ0) is 16.8. The van der Waals surface area contributed by atoms with Gasteiger partial charge in [0.2, 0.25) is 0 Å². The highest BCUT2D eigenvalue weighted by atomic mass is 15.2. The second kappa shape index (κ2) is 7.75. The molecule has 0 bridgehead atoms. The van der Waals surface area contributed by atoms with E-state index in [0.29, 0.717) is 0 Å². The molecule has 0 saturated heterocycles. The third-order valence-corrected chi connectivity index (χ3v) is 4.05. The second-order valence-corrected chi connectivity index (χ2v) is 6.07. The largest absolute Gasteiger partial charge is 0.348 e. The van der Waals surface area contributed by atoms with Gasteiger partial charge in [-0.05, 0) is 29.7 Å². The number of pyridine rings is 1. The molecule has 122 valence electrons. The summed E-state index contributed by atoms with van der Waals surface area (Å²) < 4.78 is 0. The molecule has 2 N–H and O–H groups in total. The molecule has 0 aliphatic rings. The first-order valence-corrected chi connectivity index (χ1v) is 8.27. The third kappa shape index (κ3) is 4.21. The Hall–Kier alpha value is -2.65. The van der Waals surface area contributed by atoms with Crippen molar-refractivity contribution in [3.8, 4) is 0 Å². The first-order valence-electron chi connectivity index (χ1n) is 8.27. The Morgan fingerprint density at radius 1 is 0.833 bits per heavy atom. The van der Waals surface area contributed by atoms with E-state index in [2.05, 4.69) is 70.5 Å². The molecule has 24 heavy (non-hydrogen) atoms. The number of benzene rings is 2. The average Bonchev–Trinajstić information content (AvgIpc) is 2.63. The predicted molar refractivity (Wildman–Crippen MR) is 99.6 cm³/mol. The van der Waals surface area contributed by atoms with E-state index in [9.17, 15) is 0 Å². The van der Waals surface area contributed by atoms with Crippen LogP contribution >= 0.6 is 0 Å². The van der Waals surface area contributed by atoms with Crippen molar-refractivity contribution in [2.45, 2.75) is 26.1 Å². The highest BCUT2D eigenvalue weighted by Crippen LogP contribution is 2.20. The van der Waals surface area contributed by atoms with Crippen LogP contribution in [-0.2, 0) is 13.1 Å². The van der Waals surface area contributed by atoms with Crippen molar-refractivity contribution in [1.82, 2.24) is 4.98 Å². The van der Waals surface area contributed by atoms with E-state index < -0.39 is 0 Å². The summed E-state index contributed by atoms with van der Waals surface area (Å²) in [5, 5.41) is 0. The molecule has 2 aromatic carbocycles. The molecule has 0 saturated carbocycles. The number of hydrogen-bond acceptors (Lipinski definition) is 3. The summed E-state index contributed by atoms with van der Waals surface area (Å²) in [4.78, 5) is 6.93. The molecule has 0 aliphatic carbocycles. The lowest BCUT2D eigenvalue weighted by molar-refractivity contribution is 0.773. The van der Waals surface area contributed by atoms with Gasteiger partial charge in [-0.25, -0.2) is 4.98 Å². The van der Waals surface area contributed by atoms with Crippen LogP contribution in [0.5, 0.6) is 0 Å². The lowest BCUT2D eigenvalue weighted by Gasteiger charge is -2.24. The fourth-order valence-electron chi connectivity index (χ4n) is 2.68.